The van der Waals surface area contributed by atoms with E-state index < -0.39 is 0 Å². The lowest BCUT2D eigenvalue weighted by atomic mass is 10.2. The Hall–Kier alpha value is -1.63. The van der Waals surface area contributed by atoms with Crippen molar-refractivity contribution in [1.82, 2.24) is 20.5 Å². The molecule has 0 bridgehead atoms. The van der Waals surface area contributed by atoms with Gasteiger partial charge in [0, 0.05) is 12.1 Å². The van der Waals surface area contributed by atoms with Crippen molar-refractivity contribution in [2.45, 2.75) is 13.5 Å². The number of hydrazone groups is 1. The second-order valence-corrected chi connectivity index (χ2v) is 5.73. The molecular formula is C14H15Cl2N5S. The Morgan fingerprint density at radius 2 is 2.05 bits per heavy atom. The lowest BCUT2D eigenvalue weighted by molar-refractivity contribution is 0.680. The van der Waals surface area contributed by atoms with Crippen molar-refractivity contribution in [1.29, 1.82) is 0 Å². The lowest BCUT2D eigenvalue weighted by Gasteiger charge is -2.03. The predicted molar refractivity (Wildman–Crippen MR) is 94.9 cm³/mol. The highest BCUT2D eigenvalue weighted by molar-refractivity contribution is 7.80. The molecule has 2 N–H and O–H groups in total. The van der Waals surface area contributed by atoms with Gasteiger partial charge in [0.1, 0.15) is 5.15 Å². The summed E-state index contributed by atoms with van der Waals surface area (Å²) in [7, 11) is 1.72. The van der Waals surface area contributed by atoms with Crippen LogP contribution in [0.2, 0.25) is 10.2 Å². The van der Waals surface area contributed by atoms with Gasteiger partial charge in [-0.05, 0) is 36.8 Å². The molecule has 1 aromatic carbocycles. The summed E-state index contributed by atoms with van der Waals surface area (Å²) in [5.74, 6) is 0. The molecule has 116 valence electrons. The molecule has 0 aliphatic heterocycles. The first-order valence-electron chi connectivity index (χ1n) is 6.49. The van der Waals surface area contributed by atoms with Crippen LogP contribution < -0.4 is 10.7 Å². The van der Waals surface area contributed by atoms with Gasteiger partial charge in [0.15, 0.2) is 5.11 Å². The second kappa shape index (κ2) is 7.58. The van der Waals surface area contributed by atoms with Gasteiger partial charge in [-0.25, -0.2) is 4.68 Å². The van der Waals surface area contributed by atoms with Gasteiger partial charge in [0.25, 0.3) is 0 Å². The fourth-order valence-corrected chi connectivity index (χ4v) is 2.25. The zero-order valence-corrected chi connectivity index (χ0v) is 14.4. The third-order valence-corrected chi connectivity index (χ3v) is 3.89. The van der Waals surface area contributed by atoms with Crippen LogP contribution in [-0.4, -0.2) is 28.2 Å². The van der Waals surface area contributed by atoms with Gasteiger partial charge < -0.3 is 5.32 Å². The molecule has 8 heteroatoms. The van der Waals surface area contributed by atoms with E-state index in [4.69, 9.17) is 35.4 Å². The molecule has 2 rings (SSSR count). The SMILES string of the molecule is CNC(=S)N/N=C\c1c(C)nn(Cc2ccc(Cl)cc2)c1Cl. The van der Waals surface area contributed by atoms with Crippen LogP contribution in [0.5, 0.6) is 0 Å². The highest BCUT2D eigenvalue weighted by atomic mass is 35.5. The van der Waals surface area contributed by atoms with Gasteiger partial charge in [-0.1, -0.05) is 35.3 Å². The number of halogens is 2. The Kier molecular flexibility index (Phi) is 5.76. The molecule has 0 aliphatic carbocycles. The highest BCUT2D eigenvalue weighted by Gasteiger charge is 2.12. The Balaban J connectivity index is 2.16. The van der Waals surface area contributed by atoms with E-state index in [1.807, 2.05) is 31.2 Å². The zero-order chi connectivity index (χ0) is 16.1. The Labute approximate surface area is 144 Å². The van der Waals surface area contributed by atoms with Crippen molar-refractivity contribution < 1.29 is 0 Å². The van der Waals surface area contributed by atoms with E-state index in [-0.39, 0.29) is 0 Å². The summed E-state index contributed by atoms with van der Waals surface area (Å²) < 4.78 is 1.72. The molecule has 22 heavy (non-hydrogen) atoms. The van der Waals surface area contributed by atoms with Crippen LogP contribution in [0.4, 0.5) is 0 Å². The van der Waals surface area contributed by atoms with E-state index in [2.05, 4.69) is 20.9 Å². The van der Waals surface area contributed by atoms with Gasteiger partial charge in [0.2, 0.25) is 0 Å². The molecule has 0 atom stereocenters. The van der Waals surface area contributed by atoms with Crippen molar-refractivity contribution >= 4 is 46.7 Å². The van der Waals surface area contributed by atoms with Gasteiger partial charge in [-0.2, -0.15) is 10.2 Å². The number of aromatic nitrogens is 2. The molecule has 0 amide bonds. The van der Waals surface area contributed by atoms with Crippen LogP contribution in [-0.2, 0) is 6.54 Å². The third kappa shape index (κ3) is 4.19. The van der Waals surface area contributed by atoms with Crippen LogP contribution in [0, 0.1) is 6.92 Å². The number of benzene rings is 1. The average molecular weight is 356 g/mol. The predicted octanol–water partition coefficient (Wildman–Crippen LogP) is 2.97. The Bertz CT molecular complexity index is 694. The number of rotatable bonds is 4. The summed E-state index contributed by atoms with van der Waals surface area (Å²) in [6.07, 6.45) is 1.60. The number of thiocarbonyl (C=S) groups is 1. The molecule has 0 radical (unpaired) electrons. The summed E-state index contributed by atoms with van der Waals surface area (Å²) >= 11 is 17.2. The van der Waals surface area contributed by atoms with Crippen molar-refractivity contribution in [2.24, 2.45) is 5.10 Å². The summed E-state index contributed by atoms with van der Waals surface area (Å²) in [6.45, 7) is 2.44. The van der Waals surface area contributed by atoms with Crippen LogP contribution in [0.1, 0.15) is 16.8 Å². The molecule has 0 saturated heterocycles. The van der Waals surface area contributed by atoms with Crippen molar-refractivity contribution in [3.8, 4) is 0 Å². The number of aryl methyl sites for hydroxylation is 1. The molecule has 0 spiro atoms. The van der Waals surface area contributed by atoms with E-state index in [0.717, 1.165) is 16.8 Å². The van der Waals surface area contributed by atoms with E-state index >= 15 is 0 Å². The highest BCUT2D eigenvalue weighted by Crippen LogP contribution is 2.19. The Morgan fingerprint density at radius 3 is 2.68 bits per heavy atom. The second-order valence-electron chi connectivity index (χ2n) is 4.52. The molecule has 5 nitrogen and oxygen atoms in total. The first-order valence-corrected chi connectivity index (χ1v) is 7.66. The maximum atomic E-state index is 6.37. The summed E-state index contributed by atoms with van der Waals surface area (Å²) in [6, 6.07) is 7.56. The Morgan fingerprint density at radius 1 is 1.36 bits per heavy atom. The van der Waals surface area contributed by atoms with E-state index in [9.17, 15) is 0 Å². The van der Waals surface area contributed by atoms with Gasteiger partial charge in [-0.3, -0.25) is 5.43 Å². The minimum atomic E-state index is 0.429. The van der Waals surface area contributed by atoms with Crippen LogP contribution in [0.3, 0.4) is 0 Å². The lowest BCUT2D eigenvalue weighted by Crippen LogP contribution is -2.28. The first-order chi connectivity index (χ1) is 10.5. The van der Waals surface area contributed by atoms with Gasteiger partial charge >= 0.3 is 0 Å². The fraction of sp³-hybridized carbons (Fsp3) is 0.214. The minimum Gasteiger partial charge on any atom is -0.364 e. The molecule has 0 unspecified atom stereocenters. The zero-order valence-electron chi connectivity index (χ0n) is 12.1. The monoisotopic (exact) mass is 355 g/mol. The topological polar surface area (TPSA) is 54.2 Å². The molecule has 1 aromatic heterocycles. The summed E-state index contributed by atoms with van der Waals surface area (Å²) in [5.41, 5.74) is 5.29. The smallest absolute Gasteiger partial charge is 0.186 e. The van der Waals surface area contributed by atoms with E-state index in [1.54, 1.807) is 17.9 Å². The molecule has 2 aromatic rings. The normalized spacial score (nSPS) is 10.9. The van der Waals surface area contributed by atoms with Crippen molar-refractivity contribution in [3.05, 3.63) is 51.3 Å². The molecule has 0 fully saturated rings. The quantitative estimate of drug-likeness (QED) is 0.502. The maximum absolute atomic E-state index is 6.37. The average Bonchev–Trinajstić information content (AvgIpc) is 2.76. The maximum Gasteiger partial charge on any atom is 0.186 e. The number of nitrogens with zero attached hydrogens (tertiary/aromatic N) is 3. The van der Waals surface area contributed by atoms with E-state index in [1.165, 1.54) is 0 Å². The number of hydrogen-bond acceptors (Lipinski definition) is 3. The molecule has 0 aliphatic rings. The third-order valence-electron chi connectivity index (χ3n) is 2.94. The van der Waals surface area contributed by atoms with Crippen molar-refractivity contribution in [3.63, 3.8) is 0 Å². The molecule has 0 saturated carbocycles. The standard InChI is InChI=1S/C14H15Cl2N5S/c1-9-12(7-18-19-14(22)17-2)13(16)21(20-9)8-10-3-5-11(15)6-4-10/h3-7H,8H2,1-2H3,(H2,17,19,22)/b18-7-. The number of nitrogens with one attached hydrogen (secondary N) is 2. The van der Waals surface area contributed by atoms with E-state index in [0.29, 0.717) is 21.8 Å². The van der Waals surface area contributed by atoms with Gasteiger partial charge in [0.05, 0.1) is 24.0 Å². The van der Waals surface area contributed by atoms with Gasteiger partial charge in [-0.15, -0.1) is 0 Å². The summed E-state index contributed by atoms with van der Waals surface area (Å²) in [4.78, 5) is 0. The molecule has 1 heterocycles. The minimum absolute atomic E-state index is 0.429. The van der Waals surface area contributed by atoms with Crippen LogP contribution >= 0.6 is 35.4 Å². The van der Waals surface area contributed by atoms with Crippen LogP contribution in [0.25, 0.3) is 0 Å². The largest absolute Gasteiger partial charge is 0.364 e. The van der Waals surface area contributed by atoms with Crippen molar-refractivity contribution in [2.75, 3.05) is 7.05 Å². The summed E-state index contributed by atoms with van der Waals surface area (Å²) in [5, 5.41) is 12.9. The van der Waals surface area contributed by atoms with Crippen LogP contribution in [0.15, 0.2) is 29.4 Å². The fourth-order valence-electron chi connectivity index (χ4n) is 1.79. The molecular weight excluding hydrogens is 341 g/mol. The number of hydrogen-bond donors (Lipinski definition) is 2. The first kappa shape index (κ1) is 16.7.